The van der Waals surface area contributed by atoms with Crippen molar-refractivity contribution in [3.63, 3.8) is 0 Å². The Bertz CT molecular complexity index is 520. The van der Waals surface area contributed by atoms with Crippen LogP contribution in [0.2, 0.25) is 0 Å². The van der Waals surface area contributed by atoms with Crippen molar-refractivity contribution in [1.82, 2.24) is 0 Å². The molecule has 0 aromatic rings. The van der Waals surface area contributed by atoms with Gasteiger partial charge in [0.1, 0.15) is 5.78 Å². The van der Waals surface area contributed by atoms with Gasteiger partial charge in [-0.1, -0.05) is 0 Å². The second-order valence-electron chi connectivity index (χ2n) is 7.42. The van der Waals surface area contributed by atoms with E-state index in [2.05, 4.69) is 9.78 Å². The van der Waals surface area contributed by atoms with E-state index in [4.69, 9.17) is 10.5 Å². The Morgan fingerprint density at radius 1 is 0.731 bits per heavy atom. The molecule has 0 aromatic carbocycles. The number of aliphatic carboxylic acids is 2. The Labute approximate surface area is 150 Å². The molecule has 148 valence electrons. The maximum atomic E-state index is 12.9. The van der Waals surface area contributed by atoms with Gasteiger partial charge < -0.3 is 10.2 Å². The molecule has 0 bridgehead atoms. The molecule has 2 aliphatic rings. The van der Waals surface area contributed by atoms with Crippen LogP contribution in [-0.4, -0.2) is 51.7 Å². The highest BCUT2D eigenvalue weighted by Gasteiger charge is 2.44. The quantitative estimate of drug-likeness (QED) is 0.368. The average Bonchev–Trinajstić information content (AvgIpc) is 2.62. The Morgan fingerprint density at radius 3 is 1.85 bits per heavy atom. The van der Waals surface area contributed by atoms with E-state index in [1.54, 1.807) is 0 Å². The molecule has 9 heteroatoms. The number of hydrogen-bond acceptors (Lipinski definition) is 7. The van der Waals surface area contributed by atoms with Crippen LogP contribution in [0.5, 0.6) is 0 Å². The zero-order valence-corrected chi connectivity index (χ0v) is 14.5. The molecule has 26 heavy (non-hydrogen) atoms. The zero-order valence-electron chi connectivity index (χ0n) is 14.5. The lowest BCUT2D eigenvalue weighted by Gasteiger charge is -2.37. The minimum atomic E-state index is -1.18. The van der Waals surface area contributed by atoms with E-state index in [0.29, 0.717) is 25.7 Å². The van der Waals surface area contributed by atoms with Gasteiger partial charge in [-0.25, -0.2) is 9.78 Å². The fourth-order valence-corrected chi connectivity index (χ4v) is 4.53. The summed E-state index contributed by atoms with van der Waals surface area (Å²) in [5.74, 6) is -5.28. The predicted molar refractivity (Wildman–Crippen MR) is 86.1 cm³/mol. The summed E-state index contributed by atoms with van der Waals surface area (Å²) in [5.41, 5.74) is 0. The maximum absolute atomic E-state index is 12.9. The summed E-state index contributed by atoms with van der Waals surface area (Å²) in [4.78, 5) is 44.0. The number of carboxylic acids is 2. The predicted octanol–water partition coefficient (Wildman–Crippen LogP) is 1.77. The van der Waals surface area contributed by atoms with Crippen LogP contribution < -0.4 is 0 Å². The van der Waals surface area contributed by atoms with Gasteiger partial charge in [0.25, 0.3) is 0 Å². The highest BCUT2D eigenvalue weighted by atomic mass is 17.1. The minimum absolute atomic E-state index is 0.0291. The van der Waals surface area contributed by atoms with Crippen molar-refractivity contribution >= 4 is 17.7 Å². The third-order valence-corrected chi connectivity index (χ3v) is 6.01. The number of Topliss-reactive ketones (excluding diaryl/α,β-unsaturated/α-hetero) is 1. The molecular weight excluding hydrogens is 348 g/mol. The molecule has 0 saturated heterocycles. The van der Waals surface area contributed by atoms with Crippen molar-refractivity contribution in [2.45, 2.75) is 38.5 Å². The molecule has 2 fully saturated rings. The molecule has 0 aliphatic heterocycles. The number of carboxylic acid groups (broad SMARTS) is 2. The van der Waals surface area contributed by atoms with Crippen LogP contribution in [0.25, 0.3) is 0 Å². The van der Waals surface area contributed by atoms with Gasteiger partial charge in [-0.15, -0.1) is 0 Å². The van der Waals surface area contributed by atoms with Crippen LogP contribution in [0.4, 0.5) is 0 Å². The summed E-state index contributed by atoms with van der Waals surface area (Å²) in [7, 11) is 0. The second-order valence-corrected chi connectivity index (χ2v) is 7.42. The van der Waals surface area contributed by atoms with Crippen molar-refractivity contribution in [1.29, 1.82) is 0 Å². The van der Waals surface area contributed by atoms with Crippen LogP contribution in [-0.2, 0) is 24.2 Å². The first-order valence-corrected chi connectivity index (χ1v) is 8.91. The normalized spacial score (nSPS) is 35.0. The van der Waals surface area contributed by atoms with Gasteiger partial charge in [-0.3, -0.25) is 24.9 Å². The smallest absolute Gasteiger partial charge is 0.307 e. The third kappa shape index (κ3) is 4.79. The van der Waals surface area contributed by atoms with E-state index in [9.17, 15) is 24.6 Å². The van der Waals surface area contributed by atoms with Gasteiger partial charge in [-0.05, 0) is 50.4 Å². The van der Waals surface area contributed by atoms with Crippen molar-refractivity contribution in [3.05, 3.63) is 0 Å². The molecule has 6 unspecified atom stereocenters. The van der Waals surface area contributed by atoms with Crippen LogP contribution in [0.1, 0.15) is 38.5 Å². The summed E-state index contributed by atoms with van der Waals surface area (Å²) < 4.78 is 0. The SMILES string of the molecule is O=C(C1CCC(COO)C(COO)C1)C1CCC(C(=O)O)C(C(=O)O)C1. The number of rotatable bonds is 8. The summed E-state index contributed by atoms with van der Waals surface area (Å²) >= 11 is 0. The van der Waals surface area contributed by atoms with Gasteiger partial charge in [-0.2, -0.15) is 0 Å². The fraction of sp³-hybridized carbons (Fsp3) is 0.824. The van der Waals surface area contributed by atoms with Gasteiger partial charge >= 0.3 is 11.9 Å². The van der Waals surface area contributed by atoms with E-state index in [1.807, 2.05) is 0 Å². The Hall–Kier alpha value is -1.55. The highest BCUT2D eigenvalue weighted by molar-refractivity contribution is 5.86. The zero-order chi connectivity index (χ0) is 19.3. The Morgan fingerprint density at radius 2 is 1.27 bits per heavy atom. The fourth-order valence-electron chi connectivity index (χ4n) is 4.53. The number of carbonyl (C=O) groups excluding carboxylic acids is 1. The van der Waals surface area contributed by atoms with Crippen molar-refractivity contribution < 1.29 is 44.9 Å². The molecule has 9 nitrogen and oxygen atoms in total. The molecule has 0 spiro atoms. The summed E-state index contributed by atoms with van der Waals surface area (Å²) in [6.07, 6.45) is 2.28. The lowest BCUT2D eigenvalue weighted by molar-refractivity contribution is -0.275. The standard InChI is InChI=1S/C17H26O9/c18-15(9-1-2-11(7-25-23)12(5-9)8-26-24)10-3-4-13(16(19)20)14(6-10)17(21)22/h9-14,23-24H,1-8H2,(H,19,20)(H,21,22). The molecule has 0 amide bonds. The molecule has 2 rings (SSSR count). The topological polar surface area (TPSA) is 151 Å². The lowest BCUT2D eigenvalue weighted by Crippen LogP contribution is -2.41. The van der Waals surface area contributed by atoms with Crippen molar-refractivity contribution in [3.8, 4) is 0 Å². The summed E-state index contributed by atoms with van der Waals surface area (Å²) in [5, 5.41) is 35.9. The van der Waals surface area contributed by atoms with Gasteiger partial charge in [0.05, 0.1) is 25.0 Å². The first kappa shape index (κ1) is 20.8. The maximum Gasteiger partial charge on any atom is 0.307 e. The molecule has 2 saturated carbocycles. The van der Waals surface area contributed by atoms with Crippen molar-refractivity contribution in [2.24, 2.45) is 35.5 Å². The van der Waals surface area contributed by atoms with Crippen LogP contribution in [0, 0.1) is 35.5 Å². The minimum Gasteiger partial charge on any atom is -0.481 e. The average molecular weight is 374 g/mol. The van der Waals surface area contributed by atoms with E-state index >= 15 is 0 Å². The monoisotopic (exact) mass is 374 g/mol. The van der Waals surface area contributed by atoms with Crippen molar-refractivity contribution in [2.75, 3.05) is 13.2 Å². The van der Waals surface area contributed by atoms with Crippen LogP contribution in [0.15, 0.2) is 0 Å². The molecule has 4 N–H and O–H groups in total. The van der Waals surface area contributed by atoms with Gasteiger partial charge in [0.15, 0.2) is 0 Å². The third-order valence-electron chi connectivity index (χ3n) is 6.01. The first-order valence-electron chi connectivity index (χ1n) is 8.91. The Balaban J connectivity index is 2.02. The van der Waals surface area contributed by atoms with E-state index in [-0.39, 0.29) is 49.6 Å². The lowest BCUT2D eigenvalue weighted by atomic mass is 9.67. The largest absolute Gasteiger partial charge is 0.481 e. The van der Waals surface area contributed by atoms with Crippen LogP contribution >= 0.6 is 0 Å². The molecule has 0 radical (unpaired) electrons. The summed E-state index contributed by atoms with van der Waals surface area (Å²) in [6, 6.07) is 0. The molecule has 6 atom stereocenters. The number of ketones is 1. The second kappa shape index (κ2) is 9.40. The highest BCUT2D eigenvalue weighted by Crippen LogP contribution is 2.41. The molecule has 0 aromatic heterocycles. The van der Waals surface area contributed by atoms with Gasteiger partial charge in [0, 0.05) is 11.8 Å². The number of carbonyl (C=O) groups is 3. The summed E-state index contributed by atoms with van der Waals surface area (Å²) in [6.45, 7) is 0.126. The van der Waals surface area contributed by atoms with Crippen LogP contribution in [0.3, 0.4) is 0 Å². The molecule has 2 aliphatic carbocycles. The first-order chi connectivity index (χ1) is 12.4. The number of hydrogen-bond donors (Lipinski definition) is 4. The Kier molecular flexibility index (Phi) is 7.51. The van der Waals surface area contributed by atoms with E-state index in [1.165, 1.54) is 0 Å². The molecular formula is C17H26O9. The van der Waals surface area contributed by atoms with E-state index < -0.39 is 29.7 Å². The van der Waals surface area contributed by atoms with E-state index in [0.717, 1.165) is 0 Å². The molecule has 0 heterocycles. The van der Waals surface area contributed by atoms with Gasteiger partial charge in [0.2, 0.25) is 0 Å².